The van der Waals surface area contributed by atoms with Crippen molar-refractivity contribution in [3.05, 3.63) is 93.0 Å². The Labute approximate surface area is 224 Å². The number of carbonyl (C=O) groups excluding carboxylic acids is 3. The molecule has 3 aromatic carbocycles. The van der Waals surface area contributed by atoms with E-state index in [1.807, 2.05) is 26.0 Å². The molecule has 0 aliphatic carbocycles. The number of urea groups is 1. The van der Waals surface area contributed by atoms with Crippen molar-refractivity contribution in [2.45, 2.75) is 26.9 Å². The summed E-state index contributed by atoms with van der Waals surface area (Å²) in [7, 11) is 0. The summed E-state index contributed by atoms with van der Waals surface area (Å²) in [5.74, 6) is -0.600. The van der Waals surface area contributed by atoms with Gasteiger partial charge in [0.2, 0.25) is 0 Å². The molecule has 1 fully saturated rings. The summed E-state index contributed by atoms with van der Waals surface area (Å²) in [4.78, 5) is 39.2. The van der Waals surface area contributed by atoms with Gasteiger partial charge in [-0.05, 0) is 66.9 Å². The number of hydrogen-bond acceptors (Lipinski definition) is 5. The van der Waals surface area contributed by atoms with Crippen LogP contribution in [0.25, 0.3) is 6.08 Å². The van der Waals surface area contributed by atoms with E-state index >= 15 is 0 Å². The number of nitrogens with zero attached hydrogens (tertiary/aromatic N) is 1. The number of barbiturate groups is 1. The number of hydrogen-bond donors (Lipinski definition) is 1. The fourth-order valence-corrected chi connectivity index (χ4v) is 4.20. The third-order valence-electron chi connectivity index (χ3n) is 5.68. The van der Waals surface area contributed by atoms with Gasteiger partial charge in [0.05, 0.1) is 12.3 Å². The van der Waals surface area contributed by atoms with Crippen molar-refractivity contribution in [3.8, 4) is 11.5 Å². The number of benzene rings is 3. The maximum absolute atomic E-state index is 13.2. The Bertz CT molecular complexity index is 1390. The molecule has 0 saturated carbocycles. The monoisotopic (exact) mass is 538 g/mol. The number of amides is 4. The second-order valence-electron chi connectivity index (χ2n) is 8.14. The molecule has 1 aliphatic heterocycles. The van der Waals surface area contributed by atoms with E-state index in [4.69, 9.17) is 32.7 Å². The minimum Gasteiger partial charge on any atom is -0.490 e. The molecule has 190 valence electrons. The second-order valence-corrected chi connectivity index (χ2v) is 8.99. The molecule has 0 radical (unpaired) electrons. The van der Waals surface area contributed by atoms with Gasteiger partial charge in [-0.3, -0.25) is 14.9 Å². The maximum atomic E-state index is 13.2. The number of rotatable bonds is 8. The minimum absolute atomic E-state index is 0.178. The number of anilines is 1. The summed E-state index contributed by atoms with van der Waals surface area (Å²) in [6.45, 7) is 4.39. The second kappa shape index (κ2) is 11.5. The molecule has 0 aromatic heterocycles. The summed E-state index contributed by atoms with van der Waals surface area (Å²) >= 11 is 12.2. The molecule has 0 spiro atoms. The van der Waals surface area contributed by atoms with Crippen LogP contribution in [0.2, 0.25) is 10.0 Å². The highest BCUT2D eigenvalue weighted by Gasteiger charge is 2.36. The number of ether oxygens (including phenoxy) is 2. The van der Waals surface area contributed by atoms with Gasteiger partial charge in [0.1, 0.15) is 12.2 Å². The van der Waals surface area contributed by atoms with Gasteiger partial charge in [-0.2, -0.15) is 0 Å². The van der Waals surface area contributed by atoms with Crippen LogP contribution in [0.1, 0.15) is 30.5 Å². The van der Waals surface area contributed by atoms with Crippen molar-refractivity contribution < 1.29 is 23.9 Å². The lowest BCUT2D eigenvalue weighted by Crippen LogP contribution is -2.54. The van der Waals surface area contributed by atoms with Gasteiger partial charge in [0.25, 0.3) is 11.8 Å². The largest absolute Gasteiger partial charge is 0.490 e. The minimum atomic E-state index is -0.795. The van der Waals surface area contributed by atoms with Gasteiger partial charge < -0.3 is 9.47 Å². The van der Waals surface area contributed by atoms with E-state index in [0.29, 0.717) is 39.4 Å². The Morgan fingerprint density at radius 2 is 1.65 bits per heavy atom. The fraction of sp³-hybridized carbons (Fsp3) is 0.179. The predicted molar refractivity (Wildman–Crippen MR) is 143 cm³/mol. The van der Waals surface area contributed by atoms with Gasteiger partial charge in [-0.1, -0.05) is 54.4 Å². The molecule has 1 heterocycles. The first-order valence-corrected chi connectivity index (χ1v) is 12.4. The van der Waals surface area contributed by atoms with Crippen LogP contribution >= 0.6 is 23.2 Å². The standard InChI is InChI=1S/C28H24Cl2N2O5/c1-3-17-5-10-21(11-6-17)32-27(34)22(26(33)31-28(32)35)13-18-7-12-24(25(14-18)36-4-2)37-16-19-8-9-20(29)15-23(19)30/h5-15H,3-4,16H2,1-2H3,(H,31,33,35)/b22-13-. The Morgan fingerprint density at radius 3 is 2.32 bits per heavy atom. The number of aryl methyl sites for hydroxylation is 1. The summed E-state index contributed by atoms with van der Waals surface area (Å²) in [5.41, 5.74) is 2.53. The molecule has 0 bridgehead atoms. The molecule has 1 saturated heterocycles. The van der Waals surface area contributed by atoms with E-state index in [0.717, 1.165) is 22.4 Å². The Balaban J connectivity index is 1.60. The van der Waals surface area contributed by atoms with Crippen LogP contribution in [-0.4, -0.2) is 24.5 Å². The Morgan fingerprint density at radius 1 is 0.892 bits per heavy atom. The first-order chi connectivity index (χ1) is 17.8. The van der Waals surface area contributed by atoms with Crippen molar-refractivity contribution in [1.82, 2.24) is 5.32 Å². The molecule has 0 unspecified atom stereocenters. The van der Waals surface area contributed by atoms with Crippen LogP contribution in [0.15, 0.2) is 66.2 Å². The molecular formula is C28H24Cl2N2O5. The zero-order valence-corrected chi connectivity index (χ0v) is 21.7. The molecule has 1 N–H and O–H groups in total. The first-order valence-electron chi connectivity index (χ1n) is 11.6. The SMILES string of the molecule is CCOc1cc(/C=C2/C(=O)NC(=O)N(c3ccc(CC)cc3)C2=O)ccc1OCc1ccc(Cl)cc1Cl. The summed E-state index contributed by atoms with van der Waals surface area (Å²) in [6.07, 6.45) is 2.23. The van der Waals surface area contributed by atoms with Crippen LogP contribution in [0.4, 0.5) is 10.5 Å². The lowest BCUT2D eigenvalue weighted by Gasteiger charge is -2.26. The molecule has 9 heteroatoms. The molecule has 4 amide bonds. The summed E-state index contributed by atoms with van der Waals surface area (Å²) < 4.78 is 11.6. The lowest BCUT2D eigenvalue weighted by molar-refractivity contribution is -0.122. The summed E-state index contributed by atoms with van der Waals surface area (Å²) in [5, 5.41) is 3.25. The smallest absolute Gasteiger partial charge is 0.335 e. The van der Waals surface area contributed by atoms with E-state index in [1.165, 1.54) is 6.08 Å². The van der Waals surface area contributed by atoms with E-state index in [-0.39, 0.29) is 12.2 Å². The van der Waals surface area contributed by atoms with Gasteiger partial charge in [-0.15, -0.1) is 0 Å². The zero-order chi connectivity index (χ0) is 26.5. The quantitative estimate of drug-likeness (QED) is 0.272. The van der Waals surface area contributed by atoms with Gasteiger partial charge in [0, 0.05) is 15.6 Å². The van der Waals surface area contributed by atoms with Crippen molar-refractivity contribution >= 4 is 52.8 Å². The van der Waals surface area contributed by atoms with Crippen LogP contribution in [0.5, 0.6) is 11.5 Å². The topological polar surface area (TPSA) is 84.9 Å². The highest BCUT2D eigenvalue weighted by atomic mass is 35.5. The van der Waals surface area contributed by atoms with Gasteiger partial charge in [0.15, 0.2) is 11.5 Å². The lowest BCUT2D eigenvalue weighted by atomic mass is 10.1. The Kier molecular flexibility index (Phi) is 8.16. The highest BCUT2D eigenvalue weighted by Crippen LogP contribution is 2.32. The molecule has 4 rings (SSSR count). The average Bonchev–Trinajstić information content (AvgIpc) is 2.87. The van der Waals surface area contributed by atoms with Crippen LogP contribution in [0.3, 0.4) is 0 Å². The van der Waals surface area contributed by atoms with E-state index in [9.17, 15) is 14.4 Å². The molecular weight excluding hydrogens is 515 g/mol. The number of carbonyl (C=O) groups is 3. The van der Waals surface area contributed by atoms with E-state index in [1.54, 1.807) is 48.5 Å². The van der Waals surface area contributed by atoms with Crippen LogP contribution < -0.4 is 19.7 Å². The molecule has 7 nitrogen and oxygen atoms in total. The van der Waals surface area contributed by atoms with Gasteiger partial charge in [-0.25, -0.2) is 9.69 Å². The third-order valence-corrected chi connectivity index (χ3v) is 6.27. The molecule has 37 heavy (non-hydrogen) atoms. The van der Waals surface area contributed by atoms with Crippen molar-refractivity contribution in [1.29, 1.82) is 0 Å². The van der Waals surface area contributed by atoms with Crippen molar-refractivity contribution in [2.75, 3.05) is 11.5 Å². The number of nitrogens with one attached hydrogen (secondary N) is 1. The Hall–Kier alpha value is -3.81. The first kappa shape index (κ1) is 26.3. The van der Waals surface area contributed by atoms with Crippen molar-refractivity contribution in [2.24, 2.45) is 0 Å². The molecule has 1 aliphatic rings. The van der Waals surface area contributed by atoms with Gasteiger partial charge >= 0.3 is 6.03 Å². The normalized spacial score (nSPS) is 14.6. The zero-order valence-electron chi connectivity index (χ0n) is 20.2. The maximum Gasteiger partial charge on any atom is 0.335 e. The number of imide groups is 2. The third kappa shape index (κ3) is 5.96. The fourth-order valence-electron chi connectivity index (χ4n) is 3.74. The van der Waals surface area contributed by atoms with Crippen LogP contribution in [0, 0.1) is 0 Å². The summed E-state index contributed by atoms with van der Waals surface area (Å²) in [6, 6.07) is 16.4. The predicted octanol–water partition coefficient (Wildman–Crippen LogP) is 6.20. The molecule has 3 aromatic rings. The average molecular weight is 539 g/mol. The highest BCUT2D eigenvalue weighted by molar-refractivity contribution is 6.39. The van der Waals surface area contributed by atoms with Crippen molar-refractivity contribution in [3.63, 3.8) is 0 Å². The van der Waals surface area contributed by atoms with Crippen LogP contribution in [-0.2, 0) is 22.6 Å². The van der Waals surface area contributed by atoms with E-state index in [2.05, 4.69) is 5.32 Å². The molecule has 0 atom stereocenters. The van der Waals surface area contributed by atoms with E-state index < -0.39 is 17.8 Å². The number of halogens is 2.